The molecule has 1 fully saturated rings. The number of nitrogens with zero attached hydrogens (tertiary/aromatic N) is 2. The monoisotopic (exact) mass is 423 g/mol. The minimum absolute atomic E-state index is 0.0109. The van der Waals surface area contributed by atoms with Crippen molar-refractivity contribution in [2.24, 2.45) is 0 Å². The summed E-state index contributed by atoms with van der Waals surface area (Å²) in [6.45, 7) is 0. The van der Waals surface area contributed by atoms with E-state index in [1.54, 1.807) is 13.2 Å². The van der Waals surface area contributed by atoms with Gasteiger partial charge < -0.3 is 10.1 Å². The maximum atomic E-state index is 13.2. The van der Waals surface area contributed by atoms with Crippen LogP contribution >= 0.6 is 11.8 Å². The summed E-state index contributed by atoms with van der Waals surface area (Å²) in [7, 11) is 1.59. The van der Waals surface area contributed by atoms with Crippen LogP contribution in [0.1, 0.15) is 38.1 Å². The van der Waals surface area contributed by atoms with E-state index in [2.05, 4.69) is 5.32 Å². The smallest absolute Gasteiger partial charge is 0.262 e. The molecule has 0 unspecified atom stereocenters. The molecule has 0 spiro atoms. The van der Waals surface area contributed by atoms with Gasteiger partial charge in [-0.25, -0.2) is 4.98 Å². The first-order chi connectivity index (χ1) is 14.7. The van der Waals surface area contributed by atoms with Crippen molar-refractivity contribution in [1.29, 1.82) is 0 Å². The third-order valence-corrected chi connectivity index (χ3v) is 6.35. The van der Waals surface area contributed by atoms with Crippen LogP contribution < -0.4 is 15.6 Å². The van der Waals surface area contributed by atoms with Crippen LogP contribution in [0, 0.1) is 0 Å². The Morgan fingerprint density at radius 1 is 1.17 bits per heavy atom. The third kappa shape index (κ3) is 4.51. The Morgan fingerprint density at radius 3 is 2.77 bits per heavy atom. The van der Waals surface area contributed by atoms with Crippen LogP contribution in [0.2, 0.25) is 0 Å². The Morgan fingerprint density at radius 2 is 1.97 bits per heavy atom. The number of ether oxygens (including phenoxy) is 1. The van der Waals surface area contributed by atoms with Crippen molar-refractivity contribution < 1.29 is 9.53 Å². The van der Waals surface area contributed by atoms with Gasteiger partial charge in [0.15, 0.2) is 5.16 Å². The Labute approximate surface area is 179 Å². The number of aromatic nitrogens is 2. The quantitative estimate of drug-likeness (QED) is 0.462. The van der Waals surface area contributed by atoms with Gasteiger partial charge in [-0.1, -0.05) is 49.2 Å². The third-order valence-electron chi connectivity index (χ3n) is 5.40. The van der Waals surface area contributed by atoms with E-state index >= 15 is 0 Å². The van der Waals surface area contributed by atoms with E-state index in [0.717, 1.165) is 25.7 Å². The highest BCUT2D eigenvalue weighted by Crippen LogP contribution is 2.31. The highest BCUT2D eigenvalue weighted by Gasteiger charge is 2.22. The summed E-state index contributed by atoms with van der Waals surface area (Å²) in [4.78, 5) is 30.5. The normalized spacial score (nSPS) is 14.6. The van der Waals surface area contributed by atoms with E-state index in [-0.39, 0.29) is 23.3 Å². The number of fused-ring (bicyclic) bond motifs is 1. The molecule has 1 amide bonds. The minimum atomic E-state index is -0.147. The van der Waals surface area contributed by atoms with Gasteiger partial charge in [0, 0.05) is 17.8 Å². The van der Waals surface area contributed by atoms with Crippen molar-refractivity contribution in [3.63, 3.8) is 0 Å². The molecule has 1 aliphatic carbocycles. The highest BCUT2D eigenvalue weighted by atomic mass is 32.2. The van der Waals surface area contributed by atoms with Gasteiger partial charge in [-0.05, 0) is 37.1 Å². The van der Waals surface area contributed by atoms with Crippen molar-refractivity contribution in [2.45, 2.75) is 43.3 Å². The summed E-state index contributed by atoms with van der Waals surface area (Å²) in [6, 6.07) is 14.8. The van der Waals surface area contributed by atoms with Crippen molar-refractivity contribution in [3.8, 4) is 5.75 Å². The average Bonchev–Trinajstić information content (AvgIpc) is 2.78. The number of carbonyl (C=O) groups is 1. The molecule has 2 aromatic carbocycles. The topological polar surface area (TPSA) is 73.2 Å². The number of benzene rings is 2. The van der Waals surface area contributed by atoms with E-state index in [1.165, 1.54) is 18.2 Å². The van der Waals surface area contributed by atoms with Gasteiger partial charge in [-0.15, -0.1) is 0 Å². The van der Waals surface area contributed by atoms with Gasteiger partial charge in [0.25, 0.3) is 5.56 Å². The number of hydrogen-bond acceptors (Lipinski definition) is 5. The number of carbonyl (C=O) groups excluding carboxylic acids is 1. The number of hydrogen-bond donors (Lipinski definition) is 1. The molecular formula is C23H25N3O3S. The van der Waals surface area contributed by atoms with Gasteiger partial charge >= 0.3 is 0 Å². The van der Waals surface area contributed by atoms with Gasteiger partial charge in [-0.3, -0.25) is 14.2 Å². The van der Waals surface area contributed by atoms with Gasteiger partial charge in [0.05, 0.1) is 23.8 Å². The molecule has 0 atom stereocenters. The SMILES string of the molecule is COc1cccc(NC(=O)CSc2nc3ccccc3c(=O)n2C2CCCCC2)c1. The number of rotatable bonds is 6. The van der Waals surface area contributed by atoms with Crippen LogP contribution in [0.4, 0.5) is 5.69 Å². The fourth-order valence-corrected chi connectivity index (χ4v) is 4.78. The van der Waals surface area contributed by atoms with E-state index in [9.17, 15) is 9.59 Å². The van der Waals surface area contributed by atoms with Crippen LogP contribution in [0.25, 0.3) is 10.9 Å². The maximum Gasteiger partial charge on any atom is 0.262 e. The van der Waals surface area contributed by atoms with Crippen LogP contribution in [0.5, 0.6) is 5.75 Å². The van der Waals surface area contributed by atoms with Crippen LogP contribution in [-0.2, 0) is 4.79 Å². The summed E-state index contributed by atoms with van der Waals surface area (Å²) >= 11 is 1.32. The van der Waals surface area contributed by atoms with Crippen molar-refractivity contribution >= 4 is 34.3 Å². The highest BCUT2D eigenvalue weighted by molar-refractivity contribution is 7.99. The zero-order chi connectivity index (χ0) is 20.9. The lowest BCUT2D eigenvalue weighted by molar-refractivity contribution is -0.113. The molecule has 6 nitrogen and oxygen atoms in total. The fraction of sp³-hybridized carbons (Fsp3) is 0.348. The second-order valence-corrected chi connectivity index (χ2v) is 8.39. The van der Waals surface area contributed by atoms with E-state index in [4.69, 9.17) is 9.72 Å². The standard InChI is InChI=1S/C23H25N3O3S/c1-29-18-11-7-8-16(14-18)24-21(27)15-30-23-25-20-13-6-5-12-19(20)22(28)26(23)17-9-3-2-4-10-17/h5-8,11-14,17H,2-4,9-10,15H2,1H3,(H,24,27). The zero-order valence-corrected chi connectivity index (χ0v) is 17.8. The minimum Gasteiger partial charge on any atom is -0.497 e. The molecule has 0 aliphatic heterocycles. The first kappa shape index (κ1) is 20.5. The van der Waals surface area contributed by atoms with E-state index < -0.39 is 0 Å². The molecule has 156 valence electrons. The molecule has 7 heteroatoms. The van der Waals surface area contributed by atoms with Crippen molar-refractivity contribution in [1.82, 2.24) is 9.55 Å². The van der Waals surface area contributed by atoms with Crippen molar-refractivity contribution in [2.75, 3.05) is 18.2 Å². The van der Waals surface area contributed by atoms with E-state index in [0.29, 0.717) is 27.5 Å². The summed E-state index contributed by atoms with van der Waals surface area (Å²) in [6.07, 6.45) is 5.39. The summed E-state index contributed by atoms with van der Waals surface area (Å²) in [5, 5.41) is 4.13. The predicted octanol–water partition coefficient (Wildman–Crippen LogP) is 4.64. The number of amides is 1. The number of methoxy groups -OCH3 is 1. The number of anilines is 1. The summed E-state index contributed by atoms with van der Waals surface area (Å²) in [5.74, 6) is 0.711. The van der Waals surface area contributed by atoms with Crippen LogP contribution in [0.3, 0.4) is 0 Å². The lowest BCUT2D eigenvalue weighted by atomic mass is 9.95. The largest absolute Gasteiger partial charge is 0.497 e. The fourth-order valence-electron chi connectivity index (χ4n) is 3.92. The summed E-state index contributed by atoms with van der Waals surface area (Å²) < 4.78 is 7.02. The maximum absolute atomic E-state index is 13.2. The lowest BCUT2D eigenvalue weighted by Crippen LogP contribution is -2.29. The molecule has 1 heterocycles. The molecule has 1 aromatic heterocycles. The Hall–Kier alpha value is -2.80. The molecule has 30 heavy (non-hydrogen) atoms. The first-order valence-corrected chi connectivity index (χ1v) is 11.2. The van der Waals surface area contributed by atoms with Crippen LogP contribution in [-0.4, -0.2) is 28.3 Å². The van der Waals surface area contributed by atoms with E-state index in [1.807, 2.05) is 47.0 Å². The predicted molar refractivity (Wildman–Crippen MR) is 120 cm³/mol. The molecule has 0 radical (unpaired) electrons. The first-order valence-electron chi connectivity index (χ1n) is 10.2. The lowest BCUT2D eigenvalue weighted by Gasteiger charge is -2.26. The Bertz CT molecular complexity index is 1110. The number of para-hydroxylation sites is 1. The van der Waals surface area contributed by atoms with Gasteiger partial charge in [-0.2, -0.15) is 0 Å². The zero-order valence-electron chi connectivity index (χ0n) is 17.0. The number of nitrogens with one attached hydrogen (secondary N) is 1. The second kappa shape index (κ2) is 9.34. The van der Waals surface area contributed by atoms with Gasteiger partial charge in [0.1, 0.15) is 5.75 Å². The van der Waals surface area contributed by atoms with Gasteiger partial charge in [0.2, 0.25) is 5.91 Å². The Balaban J connectivity index is 1.57. The second-order valence-electron chi connectivity index (χ2n) is 7.45. The average molecular weight is 424 g/mol. The molecule has 0 saturated heterocycles. The van der Waals surface area contributed by atoms with Crippen molar-refractivity contribution in [3.05, 3.63) is 58.9 Å². The molecule has 3 aromatic rings. The molecule has 1 aliphatic rings. The number of thioether (sulfide) groups is 1. The molecule has 1 saturated carbocycles. The molecular weight excluding hydrogens is 398 g/mol. The van der Waals surface area contributed by atoms with Crippen LogP contribution in [0.15, 0.2) is 58.5 Å². The summed E-state index contributed by atoms with van der Waals surface area (Å²) in [5.41, 5.74) is 1.34. The molecule has 4 rings (SSSR count). The molecule has 1 N–H and O–H groups in total. The Kier molecular flexibility index (Phi) is 6.38. The molecule has 0 bridgehead atoms.